The topological polar surface area (TPSA) is 26.3 Å². The van der Waals surface area contributed by atoms with Crippen LogP contribution in [0.15, 0.2) is 36.4 Å². The van der Waals surface area contributed by atoms with E-state index < -0.39 is 0 Å². The summed E-state index contributed by atoms with van der Waals surface area (Å²) in [4.78, 5) is 11.5. The normalized spacial score (nSPS) is 18.7. The number of rotatable bonds is 2. The minimum Gasteiger partial charge on any atom is -0.454 e. The van der Waals surface area contributed by atoms with E-state index in [4.69, 9.17) is 4.74 Å². The van der Waals surface area contributed by atoms with Gasteiger partial charge in [0.2, 0.25) is 0 Å². The molecule has 0 unspecified atom stereocenters. The first-order chi connectivity index (χ1) is 7.68. The van der Waals surface area contributed by atoms with E-state index in [2.05, 4.69) is 12.6 Å². The summed E-state index contributed by atoms with van der Waals surface area (Å²) in [5.74, 6) is -0.290. The Bertz CT molecular complexity index is 420. The zero-order valence-electron chi connectivity index (χ0n) is 9.53. The maximum atomic E-state index is 11.5. The van der Waals surface area contributed by atoms with Gasteiger partial charge in [-0.15, -0.1) is 0 Å². The van der Waals surface area contributed by atoms with Crippen LogP contribution in [-0.2, 0) is 16.0 Å². The van der Waals surface area contributed by atoms with E-state index in [0.29, 0.717) is 5.57 Å². The first kappa shape index (κ1) is 10.9. The highest BCUT2D eigenvalue weighted by Crippen LogP contribution is 2.32. The number of fused-ring (bicyclic) bond motifs is 1. The van der Waals surface area contributed by atoms with Crippen molar-refractivity contribution in [3.63, 3.8) is 0 Å². The van der Waals surface area contributed by atoms with Crippen molar-refractivity contribution < 1.29 is 9.53 Å². The third-order valence-corrected chi connectivity index (χ3v) is 2.91. The van der Waals surface area contributed by atoms with Crippen LogP contribution in [0.4, 0.5) is 0 Å². The summed E-state index contributed by atoms with van der Waals surface area (Å²) in [6, 6.07) is 8.18. The standard InChI is InChI=1S/C14H16O2/c1-10(2)14(15)16-13-9-5-7-11-6-3-4-8-12(11)13/h3-4,6,8,13H,1,5,7,9H2,2H3/t13-/m1/s1. The molecule has 1 aromatic rings. The Kier molecular flexibility index (Phi) is 3.09. The molecule has 2 heteroatoms. The quantitative estimate of drug-likeness (QED) is 0.560. The Balaban J connectivity index is 2.19. The Hall–Kier alpha value is -1.57. The Morgan fingerprint density at radius 2 is 2.19 bits per heavy atom. The molecule has 0 aliphatic heterocycles. The molecule has 1 atom stereocenters. The van der Waals surface area contributed by atoms with Crippen molar-refractivity contribution in [2.45, 2.75) is 32.3 Å². The molecule has 1 aliphatic carbocycles. The maximum absolute atomic E-state index is 11.5. The van der Waals surface area contributed by atoms with Crippen molar-refractivity contribution in [1.29, 1.82) is 0 Å². The minimum atomic E-state index is -0.290. The van der Waals surface area contributed by atoms with Gasteiger partial charge in [-0.25, -0.2) is 4.79 Å². The van der Waals surface area contributed by atoms with Crippen molar-refractivity contribution in [3.8, 4) is 0 Å². The van der Waals surface area contributed by atoms with Crippen LogP contribution in [0.1, 0.15) is 37.0 Å². The molecule has 2 nitrogen and oxygen atoms in total. The number of carbonyl (C=O) groups excluding carboxylic acids is 1. The van der Waals surface area contributed by atoms with Crippen molar-refractivity contribution in [1.82, 2.24) is 0 Å². The summed E-state index contributed by atoms with van der Waals surface area (Å²) < 4.78 is 5.44. The van der Waals surface area contributed by atoms with Gasteiger partial charge in [-0.05, 0) is 37.3 Å². The lowest BCUT2D eigenvalue weighted by molar-refractivity contribution is -0.145. The van der Waals surface area contributed by atoms with Crippen LogP contribution in [0.3, 0.4) is 0 Å². The number of esters is 1. The SMILES string of the molecule is C=C(C)C(=O)O[C@@H]1CCCc2ccccc21. The molecule has 0 aromatic heterocycles. The second-order valence-electron chi connectivity index (χ2n) is 4.27. The van der Waals surface area contributed by atoms with Gasteiger partial charge < -0.3 is 4.74 Å². The molecule has 0 amide bonds. The smallest absolute Gasteiger partial charge is 0.333 e. The molecule has 1 aliphatic rings. The van der Waals surface area contributed by atoms with Gasteiger partial charge >= 0.3 is 5.97 Å². The fourth-order valence-electron chi connectivity index (χ4n) is 2.06. The zero-order chi connectivity index (χ0) is 11.5. The highest BCUT2D eigenvalue weighted by atomic mass is 16.5. The number of aryl methyl sites for hydroxylation is 1. The lowest BCUT2D eigenvalue weighted by atomic mass is 9.89. The van der Waals surface area contributed by atoms with Crippen molar-refractivity contribution >= 4 is 5.97 Å². The van der Waals surface area contributed by atoms with Crippen molar-refractivity contribution in [2.75, 3.05) is 0 Å². The van der Waals surface area contributed by atoms with E-state index in [1.54, 1.807) is 6.92 Å². The van der Waals surface area contributed by atoms with Crippen LogP contribution >= 0.6 is 0 Å². The molecule has 0 N–H and O–H groups in total. The monoisotopic (exact) mass is 216 g/mol. The van der Waals surface area contributed by atoms with Crippen LogP contribution in [-0.4, -0.2) is 5.97 Å². The molecular formula is C14H16O2. The predicted molar refractivity (Wildman–Crippen MR) is 63.0 cm³/mol. The van der Waals surface area contributed by atoms with E-state index in [9.17, 15) is 4.79 Å². The van der Waals surface area contributed by atoms with Crippen molar-refractivity contribution in [2.24, 2.45) is 0 Å². The lowest BCUT2D eigenvalue weighted by Gasteiger charge is -2.25. The molecule has 16 heavy (non-hydrogen) atoms. The van der Waals surface area contributed by atoms with E-state index in [1.807, 2.05) is 18.2 Å². The van der Waals surface area contributed by atoms with Gasteiger partial charge in [-0.2, -0.15) is 0 Å². The van der Waals surface area contributed by atoms with Crippen molar-refractivity contribution in [3.05, 3.63) is 47.5 Å². The molecule has 0 saturated carbocycles. The fourth-order valence-corrected chi connectivity index (χ4v) is 2.06. The molecule has 0 spiro atoms. The molecule has 0 bridgehead atoms. The van der Waals surface area contributed by atoms with Gasteiger partial charge in [0.25, 0.3) is 0 Å². The molecule has 0 saturated heterocycles. The summed E-state index contributed by atoms with van der Waals surface area (Å²) >= 11 is 0. The highest BCUT2D eigenvalue weighted by Gasteiger charge is 2.23. The van der Waals surface area contributed by atoms with Gasteiger partial charge in [0.05, 0.1) is 0 Å². The van der Waals surface area contributed by atoms with Crippen LogP contribution in [0.5, 0.6) is 0 Å². The third-order valence-electron chi connectivity index (χ3n) is 2.91. The van der Waals surface area contributed by atoms with Crippen LogP contribution < -0.4 is 0 Å². The minimum absolute atomic E-state index is 0.0888. The van der Waals surface area contributed by atoms with E-state index in [-0.39, 0.29) is 12.1 Å². The van der Waals surface area contributed by atoms with Crippen LogP contribution in [0.2, 0.25) is 0 Å². The summed E-state index contributed by atoms with van der Waals surface area (Å²) in [5, 5.41) is 0. The van der Waals surface area contributed by atoms with Gasteiger partial charge in [-0.3, -0.25) is 0 Å². The molecule has 1 aromatic carbocycles. The molecule has 0 heterocycles. The Morgan fingerprint density at radius 1 is 1.44 bits per heavy atom. The number of carbonyl (C=O) groups is 1. The zero-order valence-corrected chi connectivity index (χ0v) is 9.53. The average Bonchev–Trinajstić information content (AvgIpc) is 2.29. The molecule has 0 fully saturated rings. The number of ether oxygens (including phenoxy) is 1. The van der Waals surface area contributed by atoms with E-state index >= 15 is 0 Å². The van der Waals surface area contributed by atoms with Crippen LogP contribution in [0.25, 0.3) is 0 Å². The number of benzene rings is 1. The molecule has 0 radical (unpaired) electrons. The van der Waals surface area contributed by atoms with E-state index in [1.165, 1.54) is 5.56 Å². The third kappa shape index (κ3) is 2.16. The molecule has 84 valence electrons. The second kappa shape index (κ2) is 4.52. The van der Waals surface area contributed by atoms with Gasteiger partial charge in [0.15, 0.2) is 0 Å². The highest BCUT2D eigenvalue weighted by molar-refractivity contribution is 5.87. The first-order valence-corrected chi connectivity index (χ1v) is 5.63. The second-order valence-corrected chi connectivity index (χ2v) is 4.27. The molecule has 2 rings (SSSR count). The summed E-state index contributed by atoms with van der Waals surface area (Å²) in [5.41, 5.74) is 2.92. The Labute approximate surface area is 95.9 Å². The van der Waals surface area contributed by atoms with Gasteiger partial charge in [0, 0.05) is 5.57 Å². The summed E-state index contributed by atoms with van der Waals surface area (Å²) in [6.07, 6.45) is 2.98. The number of hydrogen-bond donors (Lipinski definition) is 0. The maximum Gasteiger partial charge on any atom is 0.333 e. The summed E-state index contributed by atoms with van der Waals surface area (Å²) in [6.45, 7) is 5.28. The average molecular weight is 216 g/mol. The van der Waals surface area contributed by atoms with Crippen LogP contribution in [0, 0.1) is 0 Å². The first-order valence-electron chi connectivity index (χ1n) is 5.63. The lowest BCUT2D eigenvalue weighted by Crippen LogP contribution is -2.16. The van der Waals surface area contributed by atoms with Gasteiger partial charge in [0.1, 0.15) is 6.10 Å². The fraction of sp³-hybridized carbons (Fsp3) is 0.357. The van der Waals surface area contributed by atoms with Gasteiger partial charge in [-0.1, -0.05) is 30.8 Å². The number of hydrogen-bond acceptors (Lipinski definition) is 2. The largest absolute Gasteiger partial charge is 0.454 e. The molecular weight excluding hydrogens is 200 g/mol. The summed E-state index contributed by atoms with van der Waals surface area (Å²) in [7, 11) is 0. The predicted octanol–water partition coefficient (Wildman–Crippen LogP) is 3.18. The Morgan fingerprint density at radius 3 is 2.94 bits per heavy atom. The van der Waals surface area contributed by atoms with E-state index in [0.717, 1.165) is 24.8 Å².